The van der Waals surface area contributed by atoms with Crippen molar-refractivity contribution in [3.8, 4) is 5.19 Å². The third kappa shape index (κ3) is 8.11. The molecule has 1 fully saturated rings. The van der Waals surface area contributed by atoms with Crippen molar-refractivity contribution in [1.29, 1.82) is 0 Å². The Morgan fingerprint density at radius 1 is 1.34 bits per heavy atom. The van der Waals surface area contributed by atoms with E-state index < -0.39 is 12.8 Å². The van der Waals surface area contributed by atoms with Crippen LogP contribution in [0.25, 0.3) is 0 Å². The van der Waals surface area contributed by atoms with Crippen LogP contribution in [-0.4, -0.2) is 72.1 Å². The number of carbonyl (C=O) groups is 1. The van der Waals surface area contributed by atoms with Crippen molar-refractivity contribution in [3.05, 3.63) is 28.4 Å². The lowest BCUT2D eigenvalue weighted by Gasteiger charge is -2.29. The largest absolute Gasteiger partial charge is 0.460 e. The van der Waals surface area contributed by atoms with Crippen molar-refractivity contribution in [2.75, 3.05) is 32.8 Å². The van der Waals surface area contributed by atoms with Gasteiger partial charge >= 0.3 is 6.18 Å². The molecule has 0 saturated carbocycles. The third-order valence-electron chi connectivity index (χ3n) is 6.03. The Hall–Kier alpha value is -2.31. The number of hydrogen-bond donors (Lipinski definition) is 0. The molecule has 8 nitrogen and oxygen atoms in total. The minimum Gasteiger partial charge on any atom is -0.460 e. The molecule has 1 unspecified atom stereocenters. The maximum Gasteiger partial charge on any atom is 0.422 e. The lowest BCUT2D eigenvalue weighted by Crippen LogP contribution is -2.33. The van der Waals surface area contributed by atoms with E-state index in [0.717, 1.165) is 55.9 Å². The van der Waals surface area contributed by atoms with Gasteiger partial charge < -0.3 is 18.8 Å². The number of ether oxygens (including phenoxy) is 2. The molecular formula is C23H29F3N4O4S. The monoisotopic (exact) mass is 514 g/mol. The van der Waals surface area contributed by atoms with E-state index in [1.165, 1.54) is 11.3 Å². The summed E-state index contributed by atoms with van der Waals surface area (Å²) in [6.45, 7) is 3.51. The number of aliphatic imine (C=N–C) groups is 1. The predicted octanol–water partition coefficient (Wildman–Crippen LogP) is 3.81. The maximum absolute atomic E-state index is 12.4. The summed E-state index contributed by atoms with van der Waals surface area (Å²) in [6, 6.07) is 0. The fourth-order valence-electron chi connectivity index (χ4n) is 4.18. The van der Waals surface area contributed by atoms with Crippen molar-refractivity contribution in [2.45, 2.75) is 57.7 Å². The number of halogens is 3. The van der Waals surface area contributed by atoms with Crippen molar-refractivity contribution >= 4 is 23.5 Å². The summed E-state index contributed by atoms with van der Waals surface area (Å²) in [5.41, 5.74) is 0.846. The molecular weight excluding hydrogens is 485 g/mol. The molecule has 192 valence electrons. The van der Waals surface area contributed by atoms with Crippen molar-refractivity contribution in [3.63, 3.8) is 0 Å². The quantitative estimate of drug-likeness (QED) is 0.495. The molecule has 2 aliphatic heterocycles. The fourth-order valence-corrected chi connectivity index (χ4v) is 5.13. The predicted molar refractivity (Wildman–Crippen MR) is 123 cm³/mol. The number of thiazole rings is 1. The van der Waals surface area contributed by atoms with Gasteiger partial charge in [-0.15, -0.1) is 0 Å². The first-order chi connectivity index (χ1) is 16.7. The average Bonchev–Trinajstić information content (AvgIpc) is 3.36. The van der Waals surface area contributed by atoms with Crippen LogP contribution < -0.4 is 4.74 Å². The summed E-state index contributed by atoms with van der Waals surface area (Å²) in [6.07, 6.45) is 3.35. The fraction of sp³-hybridized carbons (Fsp3) is 0.652. The number of oxazole rings is 1. The second-order valence-electron chi connectivity index (χ2n) is 8.87. The highest BCUT2D eigenvalue weighted by Crippen LogP contribution is 2.30. The number of amides is 1. The Morgan fingerprint density at radius 2 is 2.17 bits per heavy atom. The number of alkyl halides is 3. The molecule has 35 heavy (non-hydrogen) atoms. The number of aromatic nitrogens is 2. The van der Waals surface area contributed by atoms with Crippen LogP contribution in [0.2, 0.25) is 0 Å². The van der Waals surface area contributed by atoms with E-state index in [1.54, 1.807) is 19.3 Å². The van der Waals surface area contributed by atoms with Gasteiger partial charge in [0.05, 0.1) is 31.0 Å². The van der Waals surface area contributed by atoms with Gasteiger partial charge in [-0.2, -0.15) is 13.2 Å². The Balaban J connectivity index is 1.13. The molecule has 4 heterocycles. The molecule has 0 N–H and O–H groups in total. The molecule has 0 radical (unpaired) electrons. The number of carbonyl (C=O) groups excluding carboxylic acids is 1. The summed E-state index contributed by atoms with van der Waals surface area (Å²) in [4.78, 5) is 27.6. The van der Waals surface area contributed by atoms with E-state index in [1.807, 2.05) is 0 Å². The normalized spacial score (nSPS) is 21.7. The minimum atomic E-state index is -4.36. The van der Waals surface area contributed by atoms with Gasteiger partial charge in [0, 0.05) is 50.0 Å². The molecule has 2 aromatic heterocycles. The number of aryl methyl sites for hydroxylation is 1. The molecule has 4 rings (SSSR count). The van der Waals surface area contributed by atoms with E-state index in [-0.39, 0.29) is 29.5 Å². The van der Waals surface area contributed by atoms with E-state index in [4.69, 9.17) is 13.9 Å². The zero-order valence-electron chi connectivity index (χ0n) is 19.6. The minimum absolute atomic E-state index is 0.101. The van der Waals surface area contributed by atoms with Crippen LogP contribution in [0.5, 0.6) is 5.19 Å². The second kappa shape index (κ2) is 11.6. The van der Waals surface area contributed by atoms with Crippen molar-refractivity contribution in [2.24, 2.45) is 10.9 Å². The topological polar surface area (TPSA) is 90.1 Å². The highest BCUT2D eigenvalue weighted by Gasteiger charge is 2.30. The summed E-state index contributed by atoms with van der Waals surface area (Å²) in [5, 5.41) is 0.101. The molecule has 0 aromatic carbocycles. The summed E-state index contributed by atoms with van der Waals surface area (Å²) < 4.78 is 53.2. The average molecular weight is 515 g/mol. The zero-order chi connectivity index (χ0) is 24.8. The summed E-state index contributed by atoms with van der Waals surface area (Å²) in [5.74, 6) is 0.909. The lowest BCUT2D eigenvalue weighted by atomic mass is 9.98. The van der Waals surface area contributed by atoms with Crippen LogP contribution in [0.3, 0.4) is 0 Å². The van der Waals surface area contributed by atoms with E-state index in [9.17, 15) is 18.0 Å². The first-order valence-electron chi connectivity index (χ1n) is 11.7. The smallest absolute Gasteiger partial charge is 0.422 e. The van der Waals surface area contributed by atoms with E-state index in [2.05, 4.69) is 19.9 Å². The standard InChI is InChI=1S/C23H29F3N4O4S/c1-15-27-12-18(34-15)10-21(31)28-11-16-2-3-17(32-13-16)4-7-30-8-5-19-20(6-9-30)35-22(29-19)33-14-23(24,25)26/h11-12,16-17H,2-10,13-14H2,1H3/t16?,17-/m1/s1. The van der Waals surface area contributed by atoms with Crippen LogP contribution in [0, 0.1) is 12.8 Å². The van der Waals surface area contributed by atoms with Gasteiger partial charge in [-0.05, 0) is 25.7 Å². The Labute approximate surface area is 205 Å². The Morgan fingerprint density at radius 3 is 2.89 bits per heavy atom. The first-order valence-corrected chi connectivity index (χ1v) is 12.6. The van der Waals surface area contributed by atoms with Gasteiger partial charge in [0.15, 0.2) is 12.5 Å². The molecule has 2 atom stereocenters. The van der Waals surface area contributed by atoms with Crippen LogP contribution >= 0.6 is 11.3 Å². The number of hydrogen-bond acceptors (Lipinski definition) is 8. The second-order valence-corrected chi connectivity index (χ2v) is 9.92. The molecule has 1 saturated heterocycles. The molecule has 12 heteroatoms. The molecule has 2 aliphatic rings. The molecule has 0 aliphatic carbocycles. The van der Waals surface area contributed by atoms with Gasteiger partial charge in [0.1, 0.15) is 5.76 Å². The van der Waals surface area contributed by atoms with Crippen LogP contribution in [0.1, 0.15) is 41.5 Å². The number of nitrogens with zero attached hydrogens (tertiary/aromatic N) is 4. The lowest BCUT2D eigenvalue weighted by molar-refractivity contribution is -0.153. The highest BCUT2D eigenvalue weighted by molar-refractivity contribution is 7.13. The van der Waals surface area contributed by atoms with Crippen LogP contribution in [0.15, 0.2) is 15.6 Å². The van der Waals surface area contributed by atoms with Gasteiger partial charge in [0.2, 0.25) is 0 Å². The van der Waals surface area contributed by atoms with Gasteiger partial charge in [-0.1, -0.05) is 11.3 Å². The molecule has 0 spiro atoms. The van der Waals surface area contributed by atoms with Crippen molar-refractivity contribution < 1.29 is 31.9 Å². The van der Waals surface area contributed by atoms with Gasteiger partial charge in [-0.25, -0.2) is 15.0 Å². The SMILES string of the molecule is Cc1ncc(CC(=O)N=CC2CC[C@H](CCN3CCc4nc(OCC(F)(F)F)sc4CC3)OC2)o1. The van der Waals surface area contributed by atoms with Crippen molar-refractivity contribution in [1.82, 2.24) is 14.9 Å². The third-order valence-corrected chi connectivity index (χ3v) is 7.10. The molecule has 0 bridgehead atoms. The maximum atomic E-state index is 12.4. The van der Waals surface area contributed by atoms with Gasteiger partial charge in [0.25, 0.3) is 11.1 Å². The van der Waals surface area contributed by atoms with E-state index in [0.29, 0.717) is 24.7 Å². The zero-order valence-corrected chi connectivity index (χ0v) is 20.4. The first kappa shape index (κ1) is 25.8. The Kier molecular flexibility index (Phi) is 8.55. The van der Waals surface area contributed by atoms with Crippen LogP contribution in [0.4, 0.5) is 13.2 Å². The van der Waals surface area contributed by atoms with Gasteiger partial charge in [-0.3, -0.25) is 4.79 Å². The Bertz CT molecular complexity index is 989. The number of fused-ring (bicyclic) bond motifs is 1. The van der Waals surface area contributed by atoms with Crippen LogP contribution in [-0.2, 0) is 28.8 Å². The summed E-state index contributed by atoms with van der Waals surface area (Å²) in [7, 11) is 0. The highest BCUT2D eigenvalue weighted by atomic mass is 32.1. The molecule has 2 aromatic rings. The summed E-state index contributed by atoms with van der Waals surface area (Å²) >= 11 is 1.22. The number of rotatable bonds is 8. The molecule has 1 amide bonds. The van der Waals surface area contributed by atoms with E-state index >= 15 is 0 Å².